The molecule has 32 heavy (non-hydrogen) atoms. The summed E-state index contributed by atoms with van der Waals surface area (Å²) in [5, 5.41) is 13.0. The van der Waals surface area contributed by atoms with Crippen molar-refractivity contribution in [2.45, 2.75) is 52.8 Å². The van der Waals surface area contributed by atoms with Gasteiger partial charge in [0.05, 0.1) is 6.04 Å². The highest BCUT2D eigenvalue weighted by molar-refractivity contribution is 7.12. The van der Waals surface area contributed by atoms with Crippen LogP contribution in [0.4, 0.5) is 0 Å². The zero-order chi connectivity index (χ0) is 23.6. The number of benzene rings is 2. The number of hydrogen-bond donors (Lipinski definition) is 1. The van der Waals surface area contributed by atoms with Gasteiger partial charge in [-0.2, -0.15) is 0 Å². The lowest BCUT2D eigenvalue weighted by atomic mass is 10.0. The lowest BCUT2D eigenvalue weighted by molar-refractivity contribution is -0.121. The molecule has 0 spiro atoms. The summed E-state index contributed by atoms with van der Waals surface area (Å²) in [5.74, 6) is -0.739. The van der Waals surface area contributed by atoms with Gasteiger partial charge in [-0.05, 0) is 86.7 Å². The van der Waals surface area contributed by atoms with Crippen molar-refractivity contribution >= 4 is 39.8 Å². The second kappa shape index (κ2) is 9.12. The Bertz CT molecular complexity index is 1170. The largest absolute Gasteiger partial charge is 0.508 e. The molecule has 0 saturated heterocycles. The van der Waals surface area contributed by atoms with Crippen LogP contribution in [0.2, 0.25) is 0 Å². The van der Waals surface area contributed by atoms with Crippen molar-refractivity contribution in [1.82, 2.24) is 4.90 Å². The van der Waals surface area contributed by atoms with Gasteiger partial charge >= 0.3 is 5.97 Å². The van der Waals surface area contributed by atoms with Crippen LogP contribution in [-0.4, -0.2) is 39.3 Å². The number of amides is 1. The van der Waals surface area contributed by atoms with Gasteiger partial charge in [-0.3, -0.25) is 9.59 Å². The first kappa shape index (κ1) is 23.5. The maximum Gasteiger partial charge on any atom is 0.348 e. The highest BCUT2D eigenvalue weighted by atomic mass is 32.1. The van der Waals surface area contributed by atoms with Gasteiger partial charge in [0.25, 0.3) is 5.91 Å². The Labute approximate surface area is 191 Å². The van der Waals surface area contributed by atoms with Gasteiger partial charge in [0.1, 0.15) is 16.2 Å². The van der Waals surface area contributed by atoms with Crippen molar-refractivity contribution in [3.05, 3.63) is 63.8 Å². The SMILES string of the molecule is CC(=O)[C@@H](C)N(Cc1csc(C(=O)OC(C)(C)C)c1)C(=O)c1cccc2cc(O)ccc12. The second-order valence-corrected chi connectivity index (χ2v) is 9.66. The molecule has 168 valence electrons. The van der Waals surface area contributed by atoms with Crippen molar-refractivity contribution in [1.29, 1.82) is 0 Å². The Morgan fingerprint density at radius 2 is 1.84 bits per heavy atom. The van der Waals surface area contributed by atoms with Gasteiger partial charge in [-0.1, -0.05) is 12.1 Å². The highest BCUT2D eigenvalue weighted by Gasteiger charge is 2.27. The van der Waals surface area contributed by atoms with E-state index in [9.17, 15) is 19.5 Å². The lowest BCUT2D eigenvalue weighted by Crippen LogP contribution is -2.42. The minimum Gasteiger partial charge on any atom is -0.508 e. The summed E-state index contributed by atoms with van der Waals surface area (Å²) in [6.45, 7) is 8.73. The van der Waals surface area contributed by atoms with Gasteiger partial charge in [0.2, 0.25) is 0 Å². The van der Waals surface area contributed by atoms with Crippen LogP contribution < -0.4 is 0 Å². The Morgan fingerprint density at radius 1 is 1.12 bits per heavy atom. The molecular weight excluding hydrogens is 426 g/mol. The minimum absolute atomic E-state index is 0.115. The standard InChI is InChI=1S/C25H27NO5S/c1-15(16(2)27)26(13-17-11-22(32-14-17)24(30)31-25(3,4)5)23(29)21-8-6-7-18-12-19(28)9-10-20(18)21/h6-12,14-15,28H,13H2,1-5H3/t15-/m1/s1. The summed E-state index contributed by atoms with van der Waals surface area (Å²) in [4.78, 5) is 40.0. The first-order valence-corrected chi connectivity index (χ1v) is 11.2. The summed E-state index contributed by atoms with van der Waals surface area (Å²) in [6.07, 6.45) is 0. The molecule has 0 aliphatic heterocycles. The molecule has 6 nitrogen and oxygen atoms in total. The van der Waals surface area contributed by atoms with E-state index in [-0.39, 0.29) is 24.0 Å². The molecule has 3 rings (SSSR count). The number of ketones is 1. The van der Waals surface area contributed by atoms with Crippen molar-refractivity contribution < 1.29 is 24.2 Å². The van der Waals surface area contributed by atoms with Crippen LogP contribution in [-0.2, 0) is 16.1 Å². The molecule has 0 bridgehead atoms. The molecule has 1 heterocycles. The van der Waals surface area contributed by atoms with Crippen molar-refractivity contribution in [2.24, 2.45) is 0 Å². The molecule has 7 heteroatoms. The van der Waals surface area contributed by atoms with E-state index in [2.05, 4.69) is 0 Å². The number of thiophene rings is 1. The smallest absolute Gasteiger partial charge is 0.348 e. The van der Waals surface area contributed by atoms with E-state index in [0.29, 0.717) is 15.8 Å². The molecule has 0 unspecified atom stereocenters. The van der Waals surface area contributed by atoms with Crippen molar-refractivity contribution in [3.8, 4) is 5.75 Å². The van der Waals surface area contributed by atoms with E-state index in [1.165, 1.54) is 29.2 Å². The van der Waals surface area contributed by atoms with Crippen LogP contribution in [0.25, 0.3) is 10.8 Å². The number of carbonyl (C=O) groups is 3. The van der Waals surface area contributed by atoms with Crippen LogP contribution in [0.5, 0.6) is 5.75 Å². The number of esters is 1. The predicted molar refractivity (Wildman–Crippen MR) is 125 cm³/mol. The van der Waals surface area contributed by atoms with Gasteiger partial charge in [0, 0.05) is 12.1 Å². The van der Waals surface area contributed by atoms with Crippen molar-refractivity contribution in [2.75, 3.05) is 0 Å². The van der Waals surface area contributed by atoms with E-state index in [4.69, 9.17) is 4.74 Å². The molecule has 0 aliphatic carbocycles. The number of Topliss-reactive ketones (excluding diaryl/α,β-unsaturated/α-hetero) is 1. The molecule has 0 fully saturated rings. The summed E-state index contributed by atoms with van der Waals surface area (Å²) in [7, 11) is 0. The number of carbonyl (C=O) groups excluding carboxylic acids is 3. The fraction of sp³-hybridized carbons (Fsp3) is 0.320. The number of nitrogens with zero attached hydrogens (tertiary/aromatic N) is 1. The van der Waals surface area contributed by atoms with E-state index in [1.54, 1.807) is 63.4 Å². The molecule has 0 radical (unpaired) electrons. The highest BCUT2D eigenvalue weighted by Crippen LogP contribution is 2.27. The van der Waals surface area contributed by atoms with Gasteiger partial charge < -0.3 is 14.7 Å². The number of fused-ring (bicyclic) bond motifs is 1. The normalized spacial score (nSPS) is 12.4. The number of rotatable bonds is 6. The average molecular weight is 454 g/mol. The second-order valence-electron chi connectivity index (χ2n) is 8.75. The number of phenols is 1. The summed E-state index contributed by atoms with van der Waals surface area (Å²) in [5.41, 5.74) is 0.586. The number of phenolic OH excluding ortho intramolecular Hbond substituents is 1. The molecule has 2 aromatic carbocycles. The Balaban J connectivity index is 1.93. The van der Waals surface area contributed by atoms with E-state index in [1.807, 2.05) is 6.07 Å². The fourth-order valence-electron chi connectivity index (χ4n) is 3.31. The van der Waals surface area contributed by atoms with E-state index in [0.717, 1.165) is 10.9 Å². The molecule has 0 aliphatic rings. The summed E-state index contributed by atoms with van der Waals surface area (Å²) in [6, 6.07) is 11.1. The topological polar surface area (TPSA) is 83.9 Å². The average Bonchev–Trinajstić information content (AvgIpc) is 3.18. The Morgan fingerprint density at radius 3 is 2.50 bits per heavy atom. The predicted octanol–water partition coefficient (Wildman–Crippen LogP) is 5.18. The van der Waals surface area contributed by atoms with Gasteiger partial charge in [0.15, 0.2) is 5.78 Å². The zero-order valence-corrected chi connectivity index (χ0v) is 19.7. The van der Waals surface area contributed by atoms with Crippen LogP contribution in [0.3, 0.4) is 0 Å². The van der Waals surface area contributed by atoms with Crippen LogP contribution >= 0.6 is 11.3 Å². The number of ether oxygens (including phenoxy) is 1. The molecule has 3 aromatic rings. The van der Waals surface area contributed by atoms with Gasteiger partial charge in [-0.25, -0.2) is 4.79 Å². The molecular formula is C25H27NO5S. The van der Waals surface area contributed by atoms with Crippen molar-refractivity contribution in [3.63, 3.8) is 0 Å². The Kier molecular flexibility index (Phi) is 6.69. The molecule has 1 aromatic heterocycles. The third-order valence-electron chi connectivity index (χ3n) is 5.02. The molecule has 1 amide bonds. The fourth-order valence-corrected chi connectivity index (χ4v) is 4.09. The number of aromatic hydroxyl groups is 1. The maximum absolute atomic E-state index is 13.5. The third kappa shape index (κ3) is 5.34. The van der Waals surface area contributed by atoms with Crippen LogP contribution in [0.1, 0.15) is 60.2 Å². The number of hydrogen-bond acceptors (Lipinski definition) is 6. The zero-order valence-electron chi connectivity index (χ0n) is 18.8. The summed E-state index contributed by atoms with van der Waals surface area (Å²) < 4.78 is 5.42. The lowest BCUT2D eigenvalue weighted by Gasteiger charge is -2.28. The first-order valence-electron chi connectivity index (χ1n) is 10.3. The van der Waals surface area contributed by atoms with E-state index >= 15 is 0 Å². The third-order valence-corrected chi connectivity index (χ3v) is 5.98. The van der Waals surface area contributed by atoms with Crippen LogP contribution in [0.15, 0.2) is 47.8 Å². The minimum atomic E-state index is -0.653. The molecule has 0 saturated carbocycles. The van der Waals surface area contributed by atoms with E-state index < -0.39 is 17.6 Å². The van der Waals surface area contributed by atoms with Crippen LogP contribution in [0, 0.1) is 0 Å². The first-order chi connectivity index (χ1) is 15.0. The molecule has 1 N–H and O–H groups in total. The monoisotopic (exact) mass is 453 g/mol. The summed E-state index contributed by atoms with van der Waals surface area (Å²) >= 11 is 1.25. The maximum atomic E-state index is 13.5. The Hall–Kier alpha value is -3.19. The quantitative estimate of drug-likeness (QED) is 0.520. The van der Waals surface area contributed by atoms with Gasteiger partial charge in [-0.15, -0.1) is 11.3 Å². The molecule has 1 atom stereocenters.